The molecule has 0 saturated carbocycles. The molecule has 29 heavy (non-hydrogen) atoms. The van der Waals surface area contributed by atoms with Gasteiger partial charge >= 0.3 is 0 Å². The first-order valence-electron chi connectivity index (χ1n) is 11.2. The predicted molar refractivity (Wildman–Crippen MR) is 116 cm³/mol. The lowest BCUT2D eigenvalue weighted by molar-refractivity contribution is 0.153. The van der Waals surface area contributed by atoms with Crippen LogP contribution in [0.1, 0.15) is 37.6 Å². The third-order valence-corrected chi connectivity index (χ3v) is 6.42. The van der Waals surface area contributed by atoms with Crippen LogP contribution in [0.5, 0.6) is 0 Å². The predicted octanol–water partition coefficient (Wildman–Crippen LogP) is 3.15. The van der Waals surface area contributed by atoms with Crippen molar-refractivity contribution < 1.29 is 4.52 Å². The number of aromatic nitrogens is 2. The summed E-state index contributed by atoms with van der Waals surface area (Å²) in [4.78, 5) is 12.1. The van der Waals surface area contributed by atoms with Crippen LogP contribution in [0.15, 0.2) is 28.8 Å². The van der Waals surface area contributed by atoms with Crippen molar-refractivity contribution in [3.05, 3.63) is 35.7 Å². The van der Waals surface area contributed by atoms with Crippen LogP contribution in [0.2, 0.25) is 0 Å². The number of piperidine rings is 1. The fraction of sp³-hybridized carbons (Fsp3) is 0.652. The van der Waals surface area contributed by atoms with Crippen molar-refractivity contribution in [3.8, 4) is 11.4 Å². The fourth-order valence-corrected chi connectivity index (χ4v) is 4.29. The molecule has 0 bridgehead atoms. The van der Waals surface area contributed by atoms with Crippen molar-refractivity contribution in [1.82, 2.24) is 24.8 Å². The molecule has 0 atom stereocenters. The van der Waals surface area contributed by atoms with E-state index in [1.165, 1.54) is 57.5 Å². The van der Waals surface area contributed by atoms with Gasteiger partial charge in [-0.3, -0.25) is 4.90 Å². The van der Waals surface area contributed by atoms with Crippen LogP contribution in [0.4, 0.5) is 0 Å². The van der Waals surface area contributed by atoms with E-state index in [4.69, 9.17) is 4.52 Å². The molecule has 0 amide bonds. The Morgan fingerprint density at radius 3 is 2.62 bits per heavy atom. The topological polar surface area (TPSA) is 48.6 Å². The molecule has 3 heterocycles. The third kappa shape index (κ3) is 5.87. The second-order valence-corrected chi connectivity index (χ2v) is 8.92. The second-order valence-electron chi connectivity index (χ2n) is 8.92. The van der Waals surface area contributed by atoms with Gasteiger partial charge in [0.15, 0.2) is 0 Å². The summed E-state index contributed by atoms with van der Waals surface area (Å²) in [7, 11) is 2.21. The van der Waals surface area contributed by atoms with Gasteiger partial charge < -0.3 is 14.3 Å². The van der Waals surface area contributed by atoms with E-state index in [9.17, 15) is 0 Å². The number of hydrogen-bond donors (Lipinski definition) is 0. The SMILES string of the molecule is CC1CCN(Cc2nc(-c3cccc(CCCN4CCN(C)CC4)c3)no2)CC1. The van der Waals surface area contributed by atoms with Crippen molar-refractivity contribution >= 4 is 0 Å². The minimum atomic E-state index is 0.714. The first-order chi connectivity index (χ1) is 14.2. The van der Waals surface area contributed by atoms with E-state index in [1.54, 1.807) is 0 Å². The van der Waals surface area contributed by atoms with Gasteiger partial charge in [-0.1, -0.05) is 30.3 Å². The maximum atomic E-state index is 5.54. The smallest absolute Gasteiger partial charge is 0.241 e. The van der Waals surface area contributed by atoms with E-state index in [0.29, 0.717) is 5.82 Å². The highest BCUT2D eigenvalue weighted by Crippen LogP contribution is 2.21. The van der Waals surface area contributed by atoms with E-state index < -0.39 is 0 Å². The minimum Gasteiger partial charge on any atom is -0.338 e. The Labute approximate surface area is 174 Å². The molecule has 0 N–H and O–H groups in total. The molecule has 2 fully saturated rings. The number of benzene rings is 1. The van der Waals surface area contributed by atoms with Crippen LogP contribution >= 0.6 is 0 Å². The number of likely N-dealkylation sites (N-methyl/N-ethyl adjacent to an activating group) is 1. The normalized spacial score (nSPS) is 20.3. The largest absolute Gasteiger partial charge is 0.338 e. The minimum absolute atomic E-state index is 0.714. The van der Waals surface area contributed by atoms with Gasteiger partial charge in [0.25, 0.3) is 0 Å². The van der Waals surface area contributed by atoms with Gasteiger partial charge in [-0.05, 0) is 69.9 Å². The molecule has 4 rings (SSSR count). The molecular formula is C23H35N5O. The Hall–Kier alpha value is -1.76. The number of hydrogen-bond acceptors (Lipinski definition) is 6. The molecule has 158 valence electrons. The average Bonchev–Trinajstić information content (AvgIpc) is 3.20. The Morgan fingerprint density at radius 2 is 1.83 bits per heavy atom. The molecular weight excluding hydrogens is 362 g/mol. The first kappa shape index (κ1) is 20.5. The molecule has 0 spiro atoms. The van der Waals surface area contributed by atoms with Gasteiger partial charge in [0.1, 0.15) is 0 Å². The zero-order chi connectivity index (χ0) is 20.1. The van der Waals surface area contributed by atoms with Crippen LogP contribution in [-0.4, -0.2) is 77.7 Å². The van der Waals surface area contributed by atoms with Crippen LogP contribution in [0, 0.1) is 5.92 Å². The Bertz CT molecular complexity index is 760. The summed E-state index contributed by atoms with van der Waals surface area (Å²) in [5.41, 5.74) is 2.41. The van der Waals surface area contributed by atoms with Crippen molar-refractivity contribution in [2.24, 2.45) is 5.92 Å². The molecule has 1 aromatic carbocycles. The quantitative estimate of drug-likeness (QED) is 0.715. The number of rotatable bonds is 7. The summed E-state index contributed by atoms with van der Waals surface area (Å²) < 4.78 is 5.54. The molecule has 1 aromatic heterocycles. The monoisotopic (exact) mass is 397 g/mol. The van der Waals surface area contributed by atoms with Crippen molar-refractivity contribution in [2.45, 2.75) is 39.2 Å². The van der Waals surface area contributed by atoms with E-state index in [0.717, 1.165) is 43.4 Å². The summed E-state index contributed by atoms with van der Waals surface area (Å²) in [6.45, 7) is 11.3. The molecule has 0 radical (unpaired) electrons. The van der Waals surface area contributed by atoms with E-state index in [2.05, 4.69) is 63.1 Å². The molecule has 2 aliphatic heterocycles. The van der Waals surface area contributed by atoms with Crippen LogP contribution in [0.3, 0.4) is 0 Å². The highest BCUT2D eigenvalue weighted by molar-refractivity contribution is 5.55. The molecule has 2 aromatic rings. The summed E-state index contributed by atoms with van der Waals surface area (Å²) in [5, 5.41) is 4.24. The summed E-state index contributed by atoms with van der Waals surface area (Å²) in [6, 6.07) is 8.63. The molecule has 2 saturated heterocycles. The van der Waals surface area contributed by atoms with E-state index >= 15 is 0 Å². The zero-order valence-corrected chi connectivity index (χ0v) is 18.0. The Morgan fingerprint density at radius 1 is 1.03 bits per heavy atom. The first-order valence-corrected chi connectivity index (χ1v) is 11.2. The highest BCUT2D eigenvalue weighted by atomic mass is 16.5. The molecule has 6 nitrogen and oxygen atoms in total. The van der Waals surface area contributed by atoms with E-state index in [1.807, 2.05) is 0 Å². The van der Waals surface area contributed by atoms with E-state index in [-0.39, 0.29) is 0 Å². The molecule has 6 heteroatoms. The van der Waals surface area contributed by atoms with Crippen molar-refractivity contribution in [1.29, 1.82) is 0 Å². The number of piperazine rings is 1. The van der Waals surface area contributed by atoms with Crippen molar-refractivity contribution in [3.63, 3.8) is 0 Å². The van der Waals surface area contributed by atoms with Gasteiger partial charge in [0.2, 0.25) is 11.7 Å². The van der Waals surface area contributed by atoms with Crippen LogP contribution in [0.25, 0.3) is 11.4 Å². The summed E-state index contributed by atoms with van der Waals surface area (Å²) in [6.07, 6.45) is 4.81. The van der Waals surface area contributed by atoms with Gasteiger partial charge in [-0.15, -0.1) is 0 Å². The summed E-state index contributed by atoms with van der Waals surface area (Å²) in [5.74, 6) is 2.28. The Kier molecular flexibility index (Phi) is 6.95. The summed E-state index contributed by atoms with van der Waals surface area (Å²) >= 11 is 0. The van der Waals surface area contributed by atoms with Crippen LogP contribution < -0.4 is 0 Å². The number of likely N-dealkylation sites (tertiary alicyclic amines) is 1. The van der Waals surface area contributed by atoms with Crippen molar-refractivity contribution in [2.75, 3.05) is 52.9 Å². The second kappa shape index (κ2) is 9.83. The lowest BCUT2D eigenvalue weighted by atomic mass is 9.99. The molecule has 2 aliphatic rings. The highest BCUT2D eigenvalue weighted by Gasteiger charge is 2.19. The van der Waals surface area contributed by atoms with Gasteiger partial charge in [-0.25, -0.2) is 0 Å². The molecule has 0 unspecified atom stereocenters. The number of nitrogens with zero attached hydrogens (tertiary/aromatic N) is 5. The lowest BCUT2D eigenvalue weighted by Crippen LogP contribution is -2.44. The molecule has 0 aliphatic carbocycles. The maximum Gasteiger partial charge on any atom is 0.241 e. The van der Waals surface area contributed by atoms with Gasteiger partial charge in [0.05, 0.1) is 6.54 Å². The fourth-order valence-electron chi connectivity index (χ4n) is 4.29. The zero-order valence-electron chi connectivity index (χ0n) is 18.0. The lowest BCUT2D eigenvalue weighted by Gasteiger charge is -2.32. The standard InChI is InChI=1S/C23H35N5O/c1-19-8-11-28(12-9-19)18-22-24-23(25-29-22)21-7-3-5-20(17-21)6-4-10-27-15-13-26(2)14-16-27/h3,5,7,17,19H,4,6,8-16,18H2,1-2H3. The maximum absolute atomic E-state index is 5.54. The van der Waals surface area contributed by atoms with Gasteiger partial charge in [-0.2, -0.15) is 4.98 Å². The average molecular weight is 398 g/mol. The third-order valence-electron chi connectivity index (χ3n) is 6.42. The Balaban J connectivity index is 1.28. The van der Waals surface area contributed by atoms with Crippen LogP contribution in [-0.2, 0) is 13.0 Å². The van der Waals surface area contributed by atoms with Gasteiger partial charge in [0, 0.05) is 31.7 Å². The number of aryl methyl sites for hydroxylation is 1.